The minimum absolute atomic E-state index is 0.0739. The largest absolute Gasteiger partial charge is 0.391 e. The Hall–Kier alpha value is -2.00. The van der Waals surface area contributed by atoms with Crippen LogP contribution in [0.2, 0.25) is 5.02 Å². The van der Waals surface area contributed by atoms with E-state index in [1.165, 1.54) is 10.9 Å². The zero-order valence-electron chi connectivity index (χ0n) is 16.1. The molecule has 0 radical (unpaired) electrons. The van der Waals surface area contributed by atoms with Crippen molar-refractivity contribution in [3.8, 4) is 0 Å². The SMILES string of the molecule is O=C(CC1NCCCC1O)Cn1cnc2cc(N3CCOCC3)c(Cl)cc2c1=O. The van der Waals surface area contributed by atoms with Gasteiger partial charge in [-0.1, -0.05) is 11.6 Å². The van der Waals surface area contributed by atoms with Crippen LogP contribution in [0.25, 0.3) is 10.9 Å². The number of aromatic nitrogens is 2. The number of morpholine rings is 1. The number of nitrogens with zero attached hydrogens (tertiary/aromatic N) is 3. The van der Waals surface area contributed by atoms with E-state index >= 15 is 0 Å². The summed E-state index contributed by atoms with van der Waals surface area (Å²) < 4.78 is 6.69. The smallest absolute Gasteiger partial charge is 0.261 e. The second-order valence-electron chi connectivity index (χ2n) is 7.61. The third kappa shape index (κ3) is 4.45. The number of aliphatic hydroxyl groups excluding tert-OH is 1. The van der Waals surface area contributed by atoms with Crippen LogP contribution in [0.4, 0.5) is 5.69 Å². The Labute approximate surface area is 173 Å². The molecule has 9 heteroatoms. The summed E-state index contributed by atoms with van der Waals surface area (Å²) >= 11 is 6.45. The second kappa shape index (κ2) is 8.79. The van der Waals surface area contributed by atoms with E-state index in [0.29, 0.717) is 35.6 Å². The van der Waals surface area contributed by atoms with E-state index in [9.17, 15) is 14.7 Å². The Morgan fingerprint density at radius 2 is 2.14 bits per heavy atom. The highest BCUT2D eigenvalue weighted by atomic mass is 35.5. The number of nitrogens with one attached hydrogen (secondary N) is 1. The Kier molecular flexibility index (Phi) is 6.15. The van der Waals surface area contributed by atoms with E-state index in [1.54, 1.807) is 6.07 Å². The lowest BCUT2D eigenvalue weighted by Gasteiger charge is -2.29. The number of halogens is 1. The zero-order valence-corrected chi connectivity index (χ0v) is 16.9. The van der Waals surface area contributed by atoms with Gasteiger partial charge >= 0.3 is 0 Å². The van der Waals surface area contributed by atoms with E-state index in [2.05, 4.69) is 15.2 Å². The maximum absolute atomic E-state index is 12.9. The molecule has 156 valence electrons. The van der Waals surface area contributed by atoms with Crippen molar-refractivity contribution in [3.63, 3.8) is 0 Å². The van der Waals surface area contributed by atoms with Crippen LogP contribution >= 0.6 is 11.6 Å². The van der Waals surface area contributed by atoms with Gasteiger partial charge in [0.25, 0.3) is 5.56 Å². The van der Waals surface area contributed by atoms with Gasteiger partial charge in [0, 0.05) is 25.6 Å². The predicted octanol–water partition coefficient (Wildman–Crippen LogP) is 0.959. The molecule has 0 saturated carbocycles. The molecule has 29 heavy (non-hydrogen) atoms. The lowest BCUT2D eigenvalue weighted by molar-refractivity contribution is -0.121. The standard InChI is InChI=1S/C20H25ClN4O4/c21-15-9-14-16(10-18(15)24-4-6-29-7-5-24)23-12-25(20(14)28)11-13(26)8-17-19(27)2-1-3-22-17/h9-10,12,17,19,22,27H,1-8,11H2. The molecule has 0 bridgehead atoms. The summed E-state index contributed by atoms with van der Waals surface area (Å²) in [6.07, 6.45) is 2.64. The van der Waals surface area contributed by atoms with Crippen LogP contribution < -0.4 is 15.8 Å². The number of aliphatic hydroxyl groups is 1. The minimum atomic E-state index is -0.531. The molecule has 0 spiro atoms. The molecule has 2 unspecified atom stereocenters. The number of Topliss-reactive ketones (excluding diaryl/α,β-unsaturated/α-hetero) is 1. The highest BCUT2D eigenvalue weighted by molar-refractivity contribution is 6.34. The van der Waals surface area contributed by atoms with Crippen LogP contribution in [0.5, 0.6) is 0 Å². The van der Waals surface area contributed by atoms with Gasteiger partial charge < -0.3 is 20.1 Å². The topological polar surface area (TPSA) is 96.7 Å². The summed E-state index contributed by atoms with van der Waals surface area (Å²) in [5.41, 5.74) is 1.09. The molecule has 1 aromatic carbocycles. The van der Waals surface area contributed by atoms with E-state index in [4.69, 9.17) is 16.3 Å². The predicted molar refractivity (Wildman–Crippen MR) is 111 cm³/mol. The van der Waals surface area contributed by atoms with Gasteiger partial charge in [0.2, 0.25) is 0 Å². The molecule has 4 rings (SSSR count). The molecule has 8 nitrogen and oxygen atoms in total. The molecule has 2 fully saturated rings. The molecule has 0 amide bonds. The van der Waals surface area contributed by atoms with E-state index in [1.807, 2.05) is 6.07 Å². The van der Waals surface area contributed by atoms with Crippen LogP contribution in [0.3, 0.4) is 0 Å². The van der Waals surface area contributed by atoms with Crippen molar-refractivity contribution in [1.82, 2.24) is 14.9 Å². The van der Waals surface area contributed by atoms with E-state index < -0.39 is 6.10 Å². The number of hydrogen-bond acceptors (Lipinski definition) is 7. The van der Waals surface area contributed by atoms with Crippen molar-refractivity contribution in [2.24, 2.45) is 0 Å². The first-order valence-corrected chi connectivity index (χ1v) is 10.4. The van der Waals surface area contributed by atoms with Crippen molar-refractivity contribution in [2.75, 3.05) is 37.7 Å². The number of anilines is 1. The van der Waals surface area contributed by atoms with Crippen LogP contribution in [0.1, 0.15) is 19.3 Å². The average molecular weight is 421 g/mol. The fourth-order valence-corrected chi connectivity index (χ4v) is 4.25. The fourth-order valence-electron chi connectivity index (χ4n) is 3.97. The van der Waals surface area contributed by atoms with Gasteiger partial charge in [-0.05, 0) is 31.5 Å². The highest BCUT2D eigenvalue weighted by Crippen LogP contribution is 2.29. The number of ether oxygens (including phenoxy) is 1. The zero-order chi connectivity index (χ0) is 20.4. The number of fused-ring (bicyclic) bond motifs is 1. The molecule has 1 aromatic heterocycles. The summed E-state index contributed by atoms with van der Waals surface area (Å²) in [5, 5.41) is 14.1. The number of carbonyl (C=O) groups is 1. The average Bonchev–Trinajstić information content (AvgIpc) is 2.72. The summed E-state index contributed by atoms with van der Waals surface area (Å²) in [5.74, 6) is -0.122. The molecule has 2 atom stereocenters. The number of carbonyl (C=O) groups excluding carboxylic acids is 1. The minimum Gasteiger partial charge on any atom is -0.391 e. The van der Waals surface area contributed by atoms with Gasteiger partial charge in [-0.3, -0.25) is 14.2 Å². The molecular weight excluding hydrogens is 396 g/mol. The summed E-state index contributed by atoms with van der Waals surface area (Å²) in [6, 6.07) is 3.19. The van der Waals surface area contributed by atoms with Gasteiger partial charge in [0.15, 0.2) is 5.78 Å². The maximum Gasteiger partial charge on any atom is 0.261 e. The summed E-state index contributed by atoms with van der Waals surface area (Å²) in [4.78, 5) is 31.8. The van der Waals surface area contributed by atoms with Crippen molar-refractivity contribution in [3.05, 3.63) is 33.8 Å². The molecule has 2 aromatic rings. The molecule has 2 saturated heterocycles. The van der Waals surface area contributed by atoms with Gasteiger partial charge in [0.05, 0.1) is 53.8 Å². The quantitative estimate of drug-likeness (QED) is 0.743. The van der Waals surface area contributed by atoms with Gasteiger partial charge in [-0.2, -0.15) is 0 Å². The number of ketones is 1. The van der Waals surface area contributed by atoms with Crippen molar-refractivity contribution in [1.29, 1.82) is 0 Å². The van der Waals surface area contributed by atoms with Crippen LogP contribution in [-0.4, -0.2) is 65.4 Å². The monoisotopic (exact) mass is 420 g/mol. The molecule has 2 aliphatic heterocycles. The molecule has 3 heterocycles. The van der Waals surface area contributed by atoms with Crippen molar-refractivity contribution < 1.29 is 14.6 Å². The molecule has 2 N–H and O–H groups in total. The molecule has 0 aliphatic carbocycles. The maximum atomic E-state index is 12.9. The first-order chi connectivity index (χ1) is 14.0. The number of hydrogen-bond donors (Lipinski definition) is 2. The van der Waals surface area contributed by atoms with Crippen molar-refractivity contribution >= 4 is 34.0 Å². The normalized spacial score (nSPS) is 22.8. The third-order valence-electron chi connectivity index (χ3n) is 5.59. The highest BCUT2D eigenvalue weighted by Gasteiger charge is 2.25. The van der Waals surface area contributed by atoms with E-state index in [0.717, 1.165) is 31.7 Å². The lowest BCUT2D eigenvalue weighted by atomic mass is 9.97. The number of rotatable bonds is 5. The van der Waals surface area contributed by atoms with Crippen LogP contribution in [0, 0.1) is 0 Å². The van der Waals surface area contributed by atoms with Gasteiger partial charge in [-0.25, -0.2) is 4.98 Å². The van der Waals surface area contributed by atoms with Gasteiger partial charge in [0.1, 0.15) is 0 Å². The molecular formula is C20H25ClN4O4. The first-order valence-electron chi connectivity index (χ1n) is 9.97. The molecule has 2 aliphatic rings. The lowest BCUT2D eigenvalue weighted by Crippen LogP contribution is -2.46. The number of piperidine rings is 1. The second-order valence-corrected chi connectivity index (χ2v) is 8.02. The first kappa shape index (κ1) is 20.3. The van der Waals surface area contributed by atoms with Crippen molar-refractivity contribution in [2.45, 2.75) is 38.0 Å². The number of benzene rings is 1. The Morgan fingerprint density at radius 1 is 1.34 bits per heavy atom. The van der Waals surface area contributed by atoms with Crippen LogP contribution in [-0.2, 0) is 16.1 Å². The third-order valence-corrected chi connectivity index (χ3v) is 5.89. The Balaban J connectivity index is 1.54. The van der Waals surface area contributed by atoms with Crippen LogP contribution in [0.15, 0.2) is 23.3 Å². The Bertz CT molecular complexity index is 957. The fraction of sp³-hybridized carbons (Fsp3) is 0.550. The van der Waals surface area contributed by atoms with Gasteiger partial charge in [-0.15, -0.1) is 0 Å². The summed E-state index contributed by atoms with van der Waals surface area (Å²) in [6.45, 7) is 3.45. The summed E-state index contributed by atoms with van der Waals surface area (Å²) in [7, 11) is 0. The van der Waals surface area contributed by atoms with E-state index in [-0.39, 0.29) is 30.3 Å². The Morgan fingerprint density at radius 3 is 2.90 bits per heavy atom.